The van der Waals surface area contributed by atoms with Gasteiger partial charge in [-0.1, -0.05) is 35.5 Å². The summed E-state index contributed by atoms with van der Waals surface area (Å²) in [6.45, 7) is 3.13. The van der Waals surface area contributed by atoms with Crippen LogP contribution in [0.1, 0.15) is 17.5 Å². The molecule has 1 saturated heterocycles. The van der Waals surface area contributed by atoms with Crippen molar-refractivity contribution in [2.75, 3.05) is 13.2 Å². The summed E-state index contributed by atoms with van der Waals surface area (Å²) in [6.07, 6.45) is -0.351. The second-order valence-electron chi connectivity index (χ2n) is 3.95. The van der Waals surface area contributed by atoms with E-state index in [-0.39, 0.29) is 6.29 Å². The van der Waals surface area contributed by atoms with Crippen LogP contribution >= 0.6 is 0 Å². The summed E-state index contributed by atoms with van der Waals surface area (Å²) in [7, 11) is 0. The third-order valence-corrected chi connectivity index (χ3v) is 2.80. The van der Waals surface area contributed by atoms with E-state index in [2.05, 4.69) is 5.16 Å². The van der Waals surface area contributed by atoms with Crippen LogP contribution in [-0.4, -0.2) is 18.4 Å². The van der Waals surface area contributed by atoms with Crippen molar-refractivity contribution in [3.8, 4) is 11.3 Å². The Hall–Kier alpha value is -1.65. The monoisotopic (exact) mass is 231 g/mol. The van der Waals surface area contributed by atoms with Gasteiger partial charge in [0, 0.05) is 5.56 Å². The van der Waals surface area contributed by atoms with Crippen molar-refractivity contribution < 1.29 is 14.0 Å². The van der Waals surface area contributed by atoms with Crippen LogP contribution < -0.4 is 0 Å². The molecular weight excluding hydrogens is 218 g/mol. The van der Waals surface area contributed by atoms with E-state index in [0.717, 1.165) is 22.6 Å². The van der Waals surface area contributed by atoms with Crippen LogP contribution in [0.5, 0.6) is 0 Å². The van der Waals surface area contributed by atoms with Crippen molar-refractivity contribution >= 4 is 0 Å². The lowest BCUT2D eigenvalue weighted by atomic mass is 10.1. The Labute approximate surface area is 99.1 Å². The smallest absolute Gasteiger partial charge is 0.189 e. The van der Waals surface area contributed by atoms with Gasteiger partial charge in [-0.2, -0.15) is 0 Å². The number of ether oxygens (including phenoxy) is 2. The van der Waals surface area contributed by atoms with E-state index >= 15 is 0 Å². The van der Waals surface area contributed by atoms with Gasteiger partial charge < -0.3 is 14.0 Å². The van der Waals surface area contributed by atoms with E-state index in [1.54, 1.807) is 0 Å². The number of nitrogens with zero attached hydrogens (tertiary/aromatic N) is 1. The van der Waals surface area contributed by atoms with E-state index in [1.807, 2.05) is 37.3 Å². The summed E-state index contributed by atoms with van der Waals surface area (Å²) < 4.78 is 16.4. The Balaban J connectivity index is 2.06. The van der Waals surface area contributed by atoms with Gasteiger partial charge in [0.1, 0.15) is 0 Å². The fourth-order valence-electron chi connectivity index (χ4n) is 1.98. The molecule has 0 radical (unpaired) electrons. The van der Waals surface area contributed by atoms with Gasteiger partial charge in [-0.05, 0) is 6.92 Å². The molecule has 4 heteroatoms. The molecule has 17 heavy (non-hydrogen) atoms. The van der Waals surface area contributed by atoms with Gasteiger partial charge in [0.2, 0.25) is 0 Å². The molecule has 1 aromatic heterocycles. The molecule has 2 heterocycles. The largest absolute Gasteiger partial charge is 0.356 e. The fourth-order valence-corrected chi connectivity index (χ4v) is 1.98. The third-order valence-electron chi connectivity index (χ3n) is 2.80. The normalized spacial score (nSPS) is 16.5. The quantitative estimate of drug-likeness (QED) is 0.797. The van der Waals surface area contributed by atoms with Crippen molar-refractivity contribution in [2.24, 2.45) is 0 Å². The second-order valence-corrected chi connectivity index (χ2v) is 3.95. The Morgan fingerprint density at radius 3 is 2.53 bits per heavy atom. The molecule has 2 aromatic rings. The molecule has 0 spiro atoms. The summed E-state index contributed by atoms with van der Waals surface area (Å²) in [4.78, 5) is 0. The molecule has 1 aromatic carbocycles. The lowest BCUT2D eigenvalue weighted by Gasteiger charge is -2.09. The SMILES string of the molecule is Cc1noc(-c2ccccc2)c1C1OCCO1. The molecule has 0 atom stereocenters. The third kappa shape index (κ3) is 1.85. The fraction of sp³-hybridized carbons (Fsp3) is 0.308. The molecule has 0 unspecified atom stereocenters. The number of rotatable bonds is 2. The van der Waals surface area contributed by atoms with E-state index in [1.165, 1.54) is 0 Å². The Kier molecular flexibility index (Phi) is 2.66. The van der Waals surface area contributed by atoms with Crippen LogP contribution in [0, 0.1) is 6.92 Å². The van der Waals surface area contributed by atoms with Crippen LogP contribution in [0.15, 0.2) is 34.9 Å². The Morgan fingerprint density at radius 1 is 1.12 bits per heavy atom. The van der Waals surface area contributed by atoms with Crippen LogP contribution in [-0.2, 0) is 9.47 Å². The highest BCUT2D eigenvalue weighted by Crippen LogP contribution is 2.34. The molecule has 4 nitrogen and oxygen atoms in total. The molecular formula is C13H13NO3. The zero-order valence-corrected chi connectivity index (χ0v) is 9.55. The molecule has 0 saturated carbocycles. The number of aryl methyl sites for hydroxylation is 1. The maximum absolute atomic E-state index is 5.52. The molecule has 88 valence electrons. The van der Waals surface area contributed by atoms with Gasteiger partial charge in [-0.3, -0.25) is 0 Å². The highest BCUT2D eigenvalue weighted by molar-refractivity contribution is 5.62. The van der Waals surface area contributed by atoms with Gasteiger partial charge in [0.25, 0.3) is 0 Å². The molecule has 1 fully saturated rings. The zero-order valence-electron chi connectivity index (χ0n) is 9.55. The summed E-state index contributed by atoms with van der Waals surface area (Å²) in [5.74, 6) is 0.731. The highest BCUT2D eigenvalue weighted by Gasteiger charge is 2.27. The van der Waals surface area contributed by atoms with E-state index in [9.17, 15) is 0 Å². The van der Waals surface area contributed by atoms with E-state index in [0.29, 0.717) is 13.2 Å². The molecule has 3 rings (SSSR count). The minimum atomic E-state index is -0.351. The first-order valence-electron chi connectivity index (χ1n) is 5.61. The van der Waals surface area contributed by atoms with Crippen molar-refractivity contribution in [1.82, 2.24) is 5.16 Å². The maximum Gasteiger partial charge on any atom is 0.189 e. The number of aromatic nitrogens is 1. The zero-order chi connectivity index (χ0) is 11.7. The predicted molar refractivity (Wildman–Crippen MR) is 61.3 cm³/mol. The van der Waals surface area contributed by atoms with E-state index in [4.69, 9.17) is 14.0 Å². The van der Waals surface area contributed by atoms with Crippen LogP contribution in [0.25, 0.3) is 11.3 Å². The van der Waals surface area contributed by atoms with Gasteiger partial charge in [-0.15, -0.1) is 0 Å². The van der Waals surface area contributed by atoms with Crippen LogP contribution in [0.2, 0.25) is 0 Å². The van der Waals surface area contributed by atoms with Gasteiger partial charge >= 0.3 is 0 Å². The molecule has 0 amide bonds. The summed E-state index contributed by atoms with van der Waals surface area (Å²) in [5.41, 5.74) is 2.70. The van der Waals surface area contributed by atoms with Crippen LogP contribution in [0.3, 0.4) is 0 Å². The van der Waals surface area contributed by atoms with Gasteiger partial charge in [0.15, 0.2) is 12.1 Å². The Bertz CT molecular complexity index is 501. The highest BCUT2D eigenvalue weighted by atomic mass is 16.7. The first-order chi connectivity index (χ1) is 8.36. The number of benzene rings is 1. The number of hydrogen-bond donors (Lipinski definition) is 0. The first-order valence-corrected chi connectivity index (χ1v) is 5.61. The molecule has 1 aliphatic heterocycles. The summed E-state index contributed by atoms with van der Waals surface area (Å²) in [5, 5.41) is 4.00. The molecule has 0 N–H and O–H groups in total. The van der Waals surface area contributed by atoms with Crippen LogP contribution in [0.4, 0.5) is 0 Å². The average Bonchev–Trinajstić information content (AvgIpc) is 2.99. The van der Waals surface area contributed by atoms with Gasteiger partial charge in [0.05, 0.1) is 24.5 Å². The molecule has 0 aliphatic carbocycles. The van der Waals surface area contributed by atoms with E-state index < -0.39 is 0 Å². The Morgan fingerprint density at radius 2 is 1.82 bits per heavy atom. The first kappa shape index (κ1) is 10.5. The second kappa shape index (κ2) is 4.31. The lowest BCUT2D eigenvalue weighted by molar-refractivity contribution is -0.0443. The van der Waals surface area contributed by atoms with Crippen molar-refractivity contribution in [1.29, 1.82) is 0 Å². The standard InChI is InChI=1S/C13H13NO3/c1-9-11(13-15-7-8-16-13)12(17-14-9)10-5-3-2-4-6-10/h2-6,13H,7-8H2,1H3. The van der Waals surface area contributed by atoms with Gasteiger partial charge in [-0.25, -0.2) is 0 Å². The molecule has 1 aliphatic rings. The van der Waals surface area contributed by atoms with Crippen molar-refractivity contribution in [3.05, 3.63) is 41.6 Å². The van der Waals surface area contributed by atoms with Crippen molar-refractivity contribution in [3.63, 3.8) is 0 Å². The topological polar surface area (TPSA) is 44.5 Å². The minimum Gasteiger partial charge on any atom is -0.356 e. The summed E-state index contributed by atoms with van der Waals surface area (Å²) in [6, 6.07) is 9.87. The maximum atomic E-state index is 5.52. The minimum absolute atomic E-state index is 0.351. The lowest BCUT2D eigenvalue weighted by Crippen LogP contribution is -2.00. The predicted octanol–water partition coefficient (Wildman–Crippen LogP) is 2.70. The molecule has 0 bridgehead atoms. The number of hydrogen-bond acceptors (Lipinski definition) is 4. The van der Waals surface area contributed by atoms with Crippen molar-refractivity contribution in [2.45, 2.75) is 13.2 Å². The average molecular weight is 231 g/mol. The summed E-state index contributed by atoms with van der Waals surface area (Å²) >= 11 is 0.